The lowest BCUT2D eigenvalue weighted by atomic mass is 9.88. The van der Waals surface area contributed by atoms with Crippen molar-refractivity contribution in [3.05, 3.63) is 24.0 Å². The van der Waals surface area contributed by atoms with Crippen molar-refractivity contribution in [1.29, 1.82) is 0 Å². The van der Waals surface area contributed by atoms with Crippen LogP contribution in [0.3, 0.4) is 0 Å². The smallest absolute Gasteiger partial charge is 0.122 e. The Bertz CT molecular complexity index is 425. The van der Waals surface area contributed by atoms with E-state index < -0.39 is 0 Å². The fraction of sp³-hybridized carbons (Fsp3) is 0.571. The largest absolute Gasteiger partial charge is 0.388 e. The Morgan fingerprint density at radius 1 is 1.42 bits per heavy atom. The number of hydrogen-bond donors (Lipinski definition) is 2. The molecule has 2 rings (SSSR count). The van der Waals surface area contributed by atoms with Crippen LogP contribution in [0.25, 0.3) is 0 Å². The maximum absolute atomic E-state index is 5.54. The molecule has 3 N–H and O–H groups in total. The van der Waals surface area contributed by atoms with Gasteiger partial charge in [-0.1, -0.05) is 31.5 Å². The number of anilines is 1. The molecule has 0 aliphatic heterocycles. The molecule has 0 saturated heterocycles. The summed E-state index contributed by atoms with van der Waals surface area (Å²) in [5.74, 6) is 0. The Morgan fingerprint density at radius 3 is 2.68 bits per heavy atom. The molecule has 0 atom stereocenters. The Morgan fingerprint density at radius 2 is 2.16 bits per heavy atom. The molecule has 1 aliphatic carbocycles. The summed E-state index contributed by atoms with van der Waals surface area (Å²) >= 11 is 6.90. The Balaban J connectivity index is 1.95. The van der Waals surface area contributed by atoms with Gasteiger partial charge in [-0.3, -0.25) is 4.98 Å². The first-order chi connectivity index (χ1) is 9.15. The van der Waals surface area contributed by atoms with Gasteiger partial charge < -0.3 is 11.1 Å². The van der Waals surface area contributed by atoms with E-state index in [1.54, 1.807) is 0 Å². The number of nitrogens with zero attached hydrogens (tertiary/aromatic N) is 1. The van der Waals surface area contributed by atoms with Crippen molar-refractivity contribution in [2.75, 3.05) is 18.1 Å². The molecule has 1 aromatic heterocycles. The second-order valence-electron chi connectivity index (χ2n) is 5.10. The van der Waals surface area contributed by atoms with Crippen molar-refractivity contribution in [3.63, 3.8) is 0 Å². The first kappa shape index (κ1) is 14.6. The molecule has 0 unspecified atom stereocenters. The molecule has 3 nitrogen and oxygen atoms in total. The van der Waals surface area contributed by atoms with E-state index in [0.29, 0.717) is 15.4 Å². The second-order valence-corrected chi connectivity index (χ2v) is 6.81. The van der Waals surface area contributed by atoms with E-state index in [4.69, 9.17) is 18.0 Å². The topological polar surface area (TPSA) is 50.9 Å². The van der Waals surface area contributed by atoms with Crippen LogP contribution in [0, 0.1) is 0 Å². The number of rotatable bonds is 5. The number of hydrogen-bond acceptors (Lipinski definition) is 4. The Kier molecular flexibility index (Phi) is 5.05. The monoisotopic (exact) mass is 295 g/mol. The molecule has 0 spiro atoms. The molecular weight excluding hydrogens is 274 g/mol. The molecule has 5 heteroatoms. The van der Waals surface area contributed by atoms with E-state index in [2.05, 4.69) is 16.6 Å². The standard InChI is InChI=1S/C14H21N3S2/c1-19-14(7-3-2-4-8-14)10-17-11-5-6-12(13(15)18)16-9-11/h5-6,9,17H,2-4,7-8,10H2,1H3,(H2,15,18). The zero-order valence-corrected chi connectivity index (χ0v) is 12.9. The molecule has 0 radical (unpaired) electrons. The highest BCUT2D eigenvalue weighted by atomic mass is 32.2. The normalized spacial score (nSPS) is 17.9. The molecule has 0 bridgehead atoms. The second kappa shape index (κ2) is 6.57. The van der Waals surface area contributed by atoms with Crippen LogP contribution in [-0.2, 0) is 0 Å². The summed E-state index contributed by atoms with van der Waals surface area (Å²) < 4.78 is 0.389. The summed E-state index contributed by atoms with van der Waals surface area (Å²) in [6.45, 7) is 1.00. The third kappa shape index (κ3) is 3.83. The van der Waals surface area contributed by atoms with Gasteiger partial charge in [0, 0.05) is 11.3 Å². The molecule has 1 heterocycles. The van der Waals surface area contributed by atoms with Gasteiger partial charge in [0.25, 0.3) is 0 Å². The van der Waals surface area contributed by atoms with Crippen LogP contribution in [0.4, 0.5) is 5.69 Å². The maximum atomic E-state index is 5.54. The van der Waals surface area contributed by atoms with Crippen LogP contribution in [0.15, 0.2) is 18.3 Å². The van der Waals surface area contributed by atoms with Crippen LogP contribution in [-0.4, -0.2) is 27.5 Å². The van der Waals surface area contributed by atoms with Crippen LogP contribution >= 0.6 is 24.0 Å². The third-order valence-corrected chi connectivity index (χ3v) is 5.46. The van der Waals surface area contributed by atoms with Crippen LogP contribution < -0.4 is 11.1 Å². The fourth-order valence-corrected chi connectivity index (χ4v) is 3.59. The van der Waals surface area contributed by atoms with Gasteiger partial charge in [0.1, 0.15) is 4.99 Å². The molecule has 1 aliphatic rings. The molecule has 0 aromatic carbocycles. The fourth-order valence-electron chi connectivity index (χ4n) is 2.56. The SMILES string of the molecule is CSC1(CNc2ccc(C(N)=S)nc2)CCCCC1. The Hall–Kier alpha value is -0.810. The van der Waals surface area contributed by atoms with Gasteiger partial charge in [-0.2, -0.15) is 11.8 Å². The van der Waals surface area contributed by atoms with Crippen molar-refractivity contribution in [2.24, 2.45) is 5.73 Å². The summed E-state index contributed by atoms with van der Waals surface area (Å²) in [7, 11) is 0. The summed E-state index contributed by atoms with van der Waals surface area (Å²) in [5.41, 5.74) is 7.26. The van der Waals surface area contributed by atoms with E-state index in [1.165, 1.54) is 32.1 Å². The molecule has 0 amide bonds. The molecule has 1 saturated carbocycles. The van der Waals surface area contributed by atoms with Gasteiger partial charge in [0.05, 0.1) is 17.6 Å². The van der Waals surface area contributed by atoms with Gasteiger partial charge in [0.15, 0.2) is 0 Å². The average molecular weight is 295 g/mol. The number of nitrogens with two attached hydrogens (primary N) is 1. The van der Waals surface area contributed by atoms with Crippen molar-refractivity contribution in [2.45, 2.75) is 36.9 Å². The van der Waals surface area contributed by atoms with Gasteiger partial charge >= 0.3 is 0 Å². The molecule has 1 fully saturated rings. The first-order valence-electron chi connectivity index (χ1n) is 6.70. The minimum absolute atomic E-state index is 0.347. The van der Waals surface area contributed by atoms with Crippen molar-refractivity contribution in [3.8, 4) is 0 Å². The lowest BCUT2D eigenvalue weighted by molar-refractivity contribution is 0.411. The summed E-state index contributed by atoms with van der Waals surface area (Å²) in [6.07, 6.45) is 10.7. The summed E-state index contributed by atoms with van der Waals surface area (Å²) in [5, 5.41) is 3.50. The average Bonchev–Trinajstić information content (AvgIpc) is 2.46. The van der Waals surface area contributed by atoms with E-state index in [9.17, 15) is 0 Å². The minimum Gasteiger partial charge on any atom is -0.388 e. The highest BCUT2D eigenvalue weighted by Gasteiger charge is 2.30. The third-order valence-electron chi connectivity index (χ3n) is 3.83. The van der Waals surface area contributed by atoms with Crippen LogP contribution in [0.5, 0.6) is 0 Å². The molecule has 19 heavy (non-hydrogen) atoms. The Labute approximate surface area is 124 Å². The molecule has 104 valence electrons. The number of aromatic nitrogens is 1. The highest BCUT2D eigenvalue weighted by molar-refractivity contribution is 8.00. The maximum Gasteiger partial charge on any atom is 0.122 e. The predicted molar refractivity (Wildman–Crippen MR) is 87.9 cm³/mol. The minimum atomic E-state index is 0.347. The van der Waals surface area contributed by atoms with Gasteiger partial charge in [-0.25, -0.2) is 0 Å². The molecule has 1 aromatic rings. The molecular formula is C14H21N3S2. The van der Waals surface area contributed by atoms with Crippen molar-refractivity contribution >= 4 is 34.7 Å². The summed E-state index contributed by atoms with van der Waals surface area (Å²) in [4.78, 5) is 4.60. The van der Waals surface area contributed by atoms with Crippen molar-refractivity contribution in [1.82, 2.24) is 4.98 Å². The van der Waals surface area contributed by atoms with Crippen LogP contribution in [0.1, 0.15) is 37.8 Å². The van der Waals surface area contributed by atoms with Crippen molar-refractivity contribution < 1.29 is 0 Å². The van der Waals surface area contributed by atoms with E-state index in [1.807, 2.05) is 30.1 Å². The van der Waals surface area contributed by atoms with E-state index in [0.717, 1.165) is 12.2 Å². The van der Waals surface area contributed by atoms with E-state index in [-0.39, 0.29) is 0 Å². The van der Waals surface area contributed by atoms with Crippen LogP contribution in [0.2, 0.25) is 0 Å². The zero-order valence-electron chi connectivity index (χ0n) is 11.3. The van der Waals surface area contributed by atoms with Gasteiger partial charge in [-0.15, -0.1) is 0 Å². The lowest BCUT2D eigenvalue weighted by Gasteiger charge is -2.36. The van der Waals surface area contributed by atoms with Gasteiger partial charge in [0.2, 0.25) is 0 Å². The quantitative estimate of drug-likeness (QED) is 0.817. The summed E-state index contributed by atoms with van der Waals surface area (Å²) in [6, 6.07) is 3.87. The zero-order chi connectivity index (χ0) is 13.7. The lowest BCUT2D eigenvalue weighted by Crippen LogP contribution is -2.35. The van der Waals surface area contributed by atoms with Gasteiger partial charge in [-0.05, 0) is 31.2 Å². The highest BCUT2D eigenvalue weighted by Crippen LogP contribution is 2.38. The number of nitrogens with one attached hydrogen (secondary N) is 1. The van der Waals surface area contributed by atoms with E-state index >= 15 is 0 Å². The first-order valence-corrected chi connectivity index (χ1v) is 8.33. The number of thioether (sulfide) groups is 1. The number of thiocarbonyl (C=S) groups is 1. The predicted octanol–water partition coefficient (Wildman–Crippen LogP) is 3.19. The number of pyridine rings is 1.